The van der Waals surface area contributed by atoms with Crippen LogP contribution < -0.4 is 10.6 Å². The minimum absolute atomic E-state index is 0.683. The minimum Gasteiger partial charge on any atom is -0.383 e. The van der Waals surface area contributed by atoms with E-state index in [-0.39, 0.29) is 0 Å². The maximum atomic E-state index is 6.20. The zero-order valence-corrected chi connectivity index (χ0v) is 13.5. The Hall–Kier alpha value is -1.66. The number of aromatic nitrogens is 2. The second-order valence-electron chi connectivity index (χ2n) is 6.07. The van der Waals surface area contributed by atoms with Crippen LogP contribution >= 0.6 is 11.3 Å². The molecule has 2 N–H and O–H groups in total. The van der Waals surface area contributed by atoms with Gasteiger partial charge in [-0.1, -0.05) is 6.07 Å². The van der Waals surface area contributed by atoms with Crippen molar-refractivity contribution in [1.29, 1.82) is 0 Å². The van der Waals surface area contributed by atoms with Crippen molar-refractivity contribution >= 4 is 23.1 Å². The molecular weight excluding hydrogens is 294 g/mol. The third kappa shape index (κ3) is 2.68. The number of hydrogen-bond acceptors (Lipinski definition) is 6. The Kier molecular flexibility index (Phi) is 3.72. The molecule has 0 radical (unpaired) electrons. The molecule has 1 saturated heterocycles. The summed E-state index contributed by atoms with van der Waals surface area (Å²) in [6, 6.07) is 4.31. The van der Waals surface area contributed by atoms with Crippen molar-refractivity contribution in [2.75, 3.05) is 30.3 Å². The molecule has 2 aromatic rings. The van der Waals surface area contributed by atoms with Gasteiger partial charge in [-0.3, -0.25) is 4.90 Å². The van der Waals surface area contributed by atoms with E-state index >= 15 is 0 Å². The lowest BCUT2D eigenvalue weighted by molar-refractivity contribution is 0.243. The first-order valence-corrected chi connectivity index (χ1v) is 8.82. The van der Waals surface area contributed by atoms with E-state index in [0.29, 0.717) is 5.82 Å². The zero-order valence-electron chi connectivity index (χ0n) is 12.7. The van der Waals surface area contributed by atoms with Gasteiger partial charge in [0.15, 0.2) is 0 Å². The van der Waals surface area contributed by atoms with Gasteiger partial charge in [-0.05, 0) is 30.7 Å². The van der Waals surface area contributed by atoms with E-state index in [1.165, 1.54) is 17.7 Å². The average Bonchev–Trinajstić information content (AvgIpc) is 3.20. The molecule has 0 bridgehead atoms. The van der Waals surface area contributed by atoms with Gasteiger partial charge in [0, 0.05) is 43.2 Å². The van der Waals surface area contributed by atoms with E-state index in [1.54, 1.807) is 0 Å². The summed E-state index contributed by atoms with van der Waals surface area (Å²) in [5.41, 5.74) is 8.48. The van der Waals surface area contributed by atoms with E-state index in [2.05, 4.69) is 32.3 Å². The van der Waals surface area contributed by atoms with Gasteiger partial charge in [-0.2, -0.15) is 4.98 Å². The summed E-state index contributed by atoms with van der Waals surface area (Å²) in [5.74, 6) is 1.51. The average molecular weight is 315 g/mol. The quantitative estimate of drug-likeness (QED) is 0.941. The van der Waals surface area contributed by atoms with Gasteiger partial charge in [0.2, 0.25) is 5.95 Å². The Morgan fingerprint density at radius 1 is 1.18 bits per heavy atom. The van der Waals surface area contributed by atoms with E-state index in [9.17, 15) is 0 Å². The summed E-state index contributed by atoms with van der Waals surface area (Å²) in [7, 11) is 0. The highest BCUT2D eigenvalue weighted by atomic mass is 32.1. The van der Waals surface area contributed by atoms with E-state index in [1.807, 2.05) is 11.3 Å². The lowest BCUT2D eigenvalue weighted by Gasteiger charge is -2.29. The van der Waals surface area contributed by atoms with Crippen molar-refractivity contribution in [3.05, 3.63) is 33.6 Å². The molecule has 0 saturated carbocycles. The van der Waals surface area contributed by atoms with Crippen LogP contribution in [0.1, 0.15) is 29.0 Å². The van der Waals surface area contributed by atoms with Crippen LogP contribution in [-0.4, -0.2) is 34.5 Å². The molecular formula is C16H21N5S. The molecule has 2 aliphatic heterocycles. The Bertz CT molecular complexity index is 649. The summed E-state index contributed by atoms with van der Waals surface area (Å²) in [5, 5.41) is 2.14. The summed E-state index contributed by atoms with van der Waals surface area (Å²) < 4.78 is 0. The normalized spacial score (nSPS) is 18.6. The molecule has 22 heavy (non-hydrogen) atoms. The van der Waals surface area contributed by atoms with Crippen molar-refractivity contribution in [2.45, 2.75) is 32.4 Å². The molecule has 4 rings (SSSR count). The van der Waals surface area contributed by atoms with Crippen molar-refractivity contribution in [2.24, 2.45) is 0 Å². The molecule has 0 atom stereocenters. The van der Waals surface area contributed by atoms with Crippen LogP contribution in [0, 0.1) is 0 Å². The largest absolute Gasteiger partial charge is 0.383 e. The van der Waals surface area contributed by atoms with E-state index in [0.717, 1.165) is 56.4 Å². The maximum absolute atomic E-state index is 6.20. The highest BCUT2D eigenvalue weighted by Crippen LogP contribution is 2.27. The summed E-state index contributed by atoms with van der Waals surface area (Å²) in [4.78, 5) is 15.5. The van der Waals surface area contributed by atoms with Crippen molar-refractivity contribution in [3.8, 4) is 0 Å². The van der Waals surface area contributed by atoms with Crippen LogP contribution in [0.5, 0.6) is 0 Å². The van der Waals surface area contributed by atoms with Crippen LogP contribution in [0.2, 0.25) is 0 Å². The number of hydrogen-bond donors (Lipinski definition) is 1. The molecule has 0 aliphatic carbocycles. The highest BCUT2D eigenvalue weighted by molar-refractivity contribution is 7.09. The predicted molar refractivity (Wildman–Crippen MR) is 90.0 cm³/mol. The molecule has 0 spiro atoms. The van der Waals surface area contributed by atoms with Gasteiger partial charge >= 0.3 is 0 Å². The maximum Gasteiger partial charge on any atom is 0.227 e. The molecule has 0 unspecified atom stereocenters. The SMILES string of the molecule is Nc1nc(N2CCCC2)nc2c1CCN(Cc1cccs1)C2. The molecule has 6 heteroatoms. The fourth-order valence-corrected chi connectivity index (χ4v) is 4.06. The molecule has 5 nitrogen and oxygen atoms in total. The number of nitrogen functional groups attached to an aromatic ring is 1. The monoisotopic (exact) mass is 315 g/mol. The second kappa shape index (κ2) is 5.85. The first-order valence-electron chi connectivity index (χ1n) is 7.94. The molecule has 2 aliphatic rings. The Balaban J connectivity index is 1.56. The van der Waals surface area contributed by atoms with Gasteiger partial charge in [0.05, 0.1) is 5.69 Å². The van der Waals surface area contributed by atoms with Crippen LogP contribution in [0.15, 0.2) is 17.5 Å². The van der Waals surface area contributed by atoms with Crippen LogP contribution in [0.4, 0.5) is 11.8 Å². The van der Waals surface area contributed by atoms with Gasteiger partial charge in [-0.25, -0.2) is 4.98 Å². The number of nitrogens with two attached hydrogens (primary N) is 1. The van der Waals surface area contributed by atoms with E-state index < -0.39 is 0 Å². The fourth-order valence-electron chi connectivity index (χ4n) is 3.32. The van der Waals surface area contributed by atoms with Crippen LogP contribution in [0.25, 0.3) is 0 Å². The smallest absolute Gasteiger partial charge is 0.227 e. The molecule has 0 amide bonds. The fraction of sp³-hybridized carbons (Fsp3) is 0.500. The Morgan fingerprint density at radius 3 is 2.82 bits per heavy atom. The highest BCUT2D eigenvalue weighted by Gasteiger charge is 2.24. The summed E-state index contributed by atoms with van der Waals surface area (Å²) >= 11 is 1.82. The Labute approximate surface area is 134 Å². The van der Waals surface area contributed by atoms with Crippen LogP contribution in [-0.2, 0) is 19.5 Å². The molecule has 2 aromatic heterocycles. The lowest BCUT2D eigenvalue weighted by atomic mass is 10.1. The zero-order chi connectivity index (χ0) is 14.9. The second-order valence-corrected chi connectivity index (χ2v) is 7.10. The van der Waals surface area contributed by atoms with Crippen molar-refractivity contribution < 1.29 is 0 Å². The van der Waals surface area contributed by atoms with E-state index in [4.69, 9.17) is 10.7 Å². The molecule has 116 valence electrons. The first-order chi connectivity index (χ1) is 10.8. The number of fused-ring (bicyclic) bond motifs is 1. The van der Waals surface area contributed by atoms with Gasteiger partial charge < -0.3 is 10.6 Å². The topological polar surface area (TPSA) is 58.3 Å². The Morgan fingerprint density at radius 2 is 2.05 bits per heavy atom. The number of anilines is 2. The lowest BCUT2D eigenvalue weighted by Crippen LogP contribution is -2.32. The molecule has 0 aromatic carbocycles. The third-order valence-electron chi connectivity index (χ3n) is 4.51. The van der Waals surface area contributed by atoms with Crippen molar-refractivity contribution in [3.63, 3.8) is 0 Å². The first kappa shape index (κ1) is 14.0. The number of thiophene rings is 1. The van der Waals surface area contributed by atoms with Gasteiger partial charge in [0.1, 0.15) is 5.82 Å². The predicted octanol–water partition coefficient (Wildman–Crippen LogP) is 2.28. The summed E-state index contributed by atoms with van der Waals surface area (Å²) in [6.45, 7) is 5.01. The molecule has 1 fully saturated rings. The van der Waals surface area contributed by atoms with Crippen molar-refractivity contribution in [1.82, 2.24) is 14.9 Å². The van der Waals surface area contributed by atoms with Gasteiger partial charge in [0.25, 0.3) is 0 Å². The minimum atomic E-state index is 0.683. The molecule has 4 heterocycles. The van der Waals surface area contributed by atoms with Gasteiger partial charge in [-0.15, -0.1) is 11.3 Å². The standard InChI is InChI=1S/C16H21N5S/c17-15-13-5-8-20(10-12-4-3-9-22-12)11-14(13)18-16(19-15)21-6-1-2-7-21/h3-4,9H,1-2,5-8,10-11H2,(H2,17,18,19). The third-order valence-corrected chi connectivity index (χ3v) is 5.37. The number of nitrogens with zero attached hydrogens (tertiary/aromatic N) is 4. The van der Waals surface area contributed by atoms with Crippen LogP contribution in [0.3, 0.4) is 0 Å². The summed E-state index contributed by atoms with van der Waals surface area (Å²) in [6.07, 6.45) is 3.41. The number of rotatable bonds is 3.